The van der Waals surface area contributed by atoms with Gasteiger partial charge in [-0.1, -0.05) is 82.4 Å². The summed E-state index contributed by atoms with van der Waals surface area (Å²) >= 11 is 9.53. The van der Waals surface area contributed by atoms with Crippen LogP contribution in [-0.4, -0.2) is 73.9 Å². The summed E-state index contributed by atoms with van der Waals surface area (Å²) in [5, 5.41) is 10.5. The molecule has 0 bridgehead atoms. The molecule has 2 heterocycles. The van der Waals surface area contributed by atoms with Crippen LogP contribution < -0.4 is 0 Å². The molecule has 10 aliphatic carbocycles. The van der Waals surface area contributed by atoms with Gasteiger partial charge in [0.05, 0.1) is 25.2 Å². The van der Waals surface area contributed by atoms with Crippen molar-refractivity contribution in [1.82, 2.24) is 0 Å². The average molecular weight is 1160 g/mol. The highest BCUT2D eigenvalue weighted by Crippen LogP contribution is 2.79. The Kier molecular flexibility index (Phi) is 17.9. The summed E-state index contributed by atoms with van der Waals surface area (Å²) in [6, 6.07) is 0. The van der Waals surface area contributed by atoms with E-state index in [1.54, 1.807) is 0 Å². The van der Waals surface area contributed by atoms with Gasteiger partial charge in [0.15, 0.2) is 12.6 Å². The molecule has 8 nitrogen and oxygen atoms in total. The van der Waals surface area contributed by atoms with Crippen LogP contribution >= 0.6 is 23.2 Å². The van der Waals surface area contributed by atoms with Crippen molar-refractivity contribution in [2.45, 2.75) is 249 Å². The molecule has 20 atom stereocenters. The van der Waals surface area contributed by atoms with E-state index in [1.807, 2.05) is 0 Å². The minimum absolute atomic E-state index is 0.0389. The summed E-state index contributed by atoms with van der Waals surface area (Å²) in [6.07, 6.45) is 30.7. The highest BCUT2D eigenvalue weighted by Gasteiger charge is 2.73. The van der Waals surface area contributed by atoms with E-state index in [1.165, 1.54) is 96.3 Å². The Balaban J connectivity index is 0.000000174. The second-order valence-electron chi connectivity index (χ2n) is 32.5. The molecule has 2 unspecified atom stereocenters. The maximum absolute atomic E-state index is 13.1. The number of hydrogen-bond acceptors (Lipinski definition) is 8. The Hall–Kier alpha value is -1.13. The lowest BCUT2D eigenvalue weighted by molar-refractivity contribution is -0.245. The molecule has 458 valence electrons. The largest absolute Gasteiger partial charge is 0.392 e. The highest BCUT2D eigenvalue weighted by molar-refractivity contribution is 6.40. The molecule has 0 spiro atoms. The van der Waals surface area contributed by atoms with Gasteiger partial charge in [-0.15, -0.1) is 23.2 Å². The van der Waals surface area contributed by atoms with Crippen LogP contribution in [0.15, 0.2) is 24.3 Å². The molecule has 12 rings (SSSR count). The molecule has 0 amide bonds. The van der Waals surface area contributed by atoms with Gasteiger partial charge in [0.25, 0.3) is 0 Å². The van der Waals surface area contributed by atoms with Crippen LogP contribution in [0.4, 0.5) is 0 Å². The number of alkyl halides is 2. The molecule has 2 aliphatic heterocycles. The minimum Gasteiger partial charge on any atom is -0.392 e. The second kappa shape index (κ2) is 23.1. The Morgan fingerprint density at radius 1 is 0.531 bits per heavy atom. The predicted molar refractivity (Wildman–Crippen MR) is 325 cm³/mol. The van der Waals surface area contributed by atoms with Gasteiger partial charge in [0, 0.05) is 36.9 Å². The van der Waals surface area contributed by atoms with Crippen molar-refractivity contribution in [2.75, 3.05) is 38.4 Å². The summed E-state index contributed by atoms with van der Waals surface area (Å²) in [5.74, 6) is 6.21. The van der Waals surface area contributed by atoms with Crippen LogP contribution in [0.25, 0.3) is 0 Å². The molecule has 10 heteroatoms. The van der Waals surface area contributed by atoms with Crippen LogP contribution in [-0.2, 0) is 33.3 Å². The first kappa shape index (κ1) is 62.9. The lowest BCUT2D eigenvalue weighted by atomic mass is 9.32. The van der Waals surface area contributed by atoms with Gasteiger partial charge in [-0.25, -0.2) is 0 Å². The molecule has 12 aliphatic rings. The van der Waals surface area contributed by atoms with Gasteiger partial charge in [-0.3, -0.25) is 14.4 Å². The zero-order valence-electron chi connectivity index (χ0n) is 52.6. The second-order valence-corrected chi connectivity index (χ2v) is 33.3. The topological polar surface area (TPSA) is 108 Å². The van der Waals surface area contributed by atoms with E-state index in [-0.39, 0.29) is 84.6 Å². The SMILES string of the molecule is C=C(C=O)[C@@H]1CC[C@]2(COC3CCCCO3)CC[C@]3(C)[C@H](CC[C@@H]4[C@@]5(C)CCC(=O)C(C)(C)[C@@H]5CC[C@]43C)[C@@H]12.C=C(CO)[C@@H]1CC[C@]2(COC3CCCCO3)CC[C@]3(C)[C@H](CC[C@@H]4[C@@]5(C)CCC(=O)C(C)(C)[C@@H]5CC[C@]43C)[C@@H]12.ClCCl. The molecule has 12 fully saturated rings. The van der Waals surface area contributed by atoms with Crippen molar-refractivity contribution < 1.29 is 38.4 Å². The van der Waals surface area contributed by atoms with Crippen molar-refractivity contribution in [2.24, 2.45) is 113 Å². The molecule has 2 saturated heterocycles. The number of hydrogen-bond donors (Lipinski definition) is 1. The van der Waals surface area contributed by atoms with Gasteiger partial charge >= 0.3 is 0 Å². The zero-order chi connectivity index (χ0) is 58.4. The summed E-state index contributed by atoms with van der Waals surface area (Å²) in [5.41, 5.74) is 3.30. The van der Waals surface area contributed by atoms with E-state index in [0.717, 1.165) is 114 Å². The fourth-order valence-corrected chi connectivity index (χ4v) is 24.8. The van der Waals surface area contributed by atoms with E-state index in [4.69, 9.17) is 42.1 Å². The van der Waals surface area contributed by atoms with Crippen molar-refractivity contribution in [1.29, 1.82) is 0 Å². The Labute approximate surface area is 501 Å². The van der Waals surface area contributed by atoms with Crippen LogP contribution in [0.5, 0.6) is 0 Å². The Bertz CT molecular complexity index is 2340. The molecule has 0 aromatic heterocycles. The minimum atomic E-state index is -0.204. The lowest BCUT2D eigenvalue weighted by Gasteiger charge is -2.72. The molecule has 1 N–H and O–H groups in total. The summed E-state index contributed by atoms with van der Waals surface area (Å²) in [4.78, 5) is 38.2. The first-order chi connectivity index (χ1) is 38.3. The number of halogens is 2. The van der Waals surface area contributed by atoms with Gasteiger partial charge in [0.2, 0.25) is 0 Å². The summed E-state index contributed by atoms with van der Waals surface area (Å²) in [7, 11) is 0. The molecular weight excluding hydrogens is 1050 g/mol. The number of carbonyl (C=O) groups excluding carboxylic acids is 3. The highest BCUT2D eigenvalue weighted by atomic mass is 35.5. The number of Topliss-reactive ketones (excluding diaryl/α,β-unsaturated/α-hetero) is 2. The monoisotopic (exact) mass is 1160 g/mol. The fourth-order valence-electron chi connectivity index (χ4n) is 24.8. The van der Waals surface area contributed by atoms with Gasteiger partial charge in [-0.05, 0) is 268 Å². The number of aldehydes is 1. The number of aliphatic hydroxyl groups is 1. The van der Waals surface area contributed by atoms with E-state index in [9.17, 15) is 19.5 Å². The third kappa shape index (κ3) is 9.91. The molecule has 10 saturated carbocycles. The number of fused-ring (bicyclic) bond motifs is 14. The van der Waals surface area contributed by atoms with Crippen molar-refractivity contribution in [3.05, 3.63) is 24.3 Å². The van der Waals surface area contributed by atoms with E-state index < -0.39 is 0 Å². The molecule has 0 aromatic rings. The van der Waals surface area contributed by atoms with Gasteiger partial charge in [-0.2, -0.15) is 0 Å². The average Bonchev–Trinajstić information content (AvgIpc) is 3.82. The molecule has 81 heavy (non-hydrogen) atoms. The Morgan fingerprint density at radius 2 is 0.951 bits per heavy atom. The van der Waals surface area contributed by atoms with Gasteiger partial charge in [0.1, 0.15) is 17.9 Å². The first-order valence-corrected chi connectivity index (χ1v) is 34.4. The number of rotatable bonds is 10. The standard InChI is InChI=1S/C35H56O4.C35H54O4.CH2Cl2/c2*1-23(21-36)24-12-17-35(22-39-29-9-7-8-20-38-29)19-18-33(5)25(30(24)35)10-11-27-32(4)15-14-28(37)31(2,3)26(32)13-16-34(27,33)6;2-1-3/h24-27,29-30,36H,1,7-22H2,2-6H3;21,24-27,29-30H,1,7-20,22H2,2-6H3;1H2/t2*24-,25+,26-,27+,29?,30+,32-,33+,34+,35+;/m00./s1. The van der Waals surface area contributed by atoms with Crippen molar-refractivity contribution >= 4 is 41.1 Å². The number of aliphatic hydroxyl groups excluding tert-OH is 1. The molecule has 0 aromatic carbocycles. The molecular formula is C71H112Cl2O8. The maximum atomic E-state index is 13.1. The van der Waals surface area contributed by atoms with E-state index >= 15 is 0 Å². The third-order valence-corrected chi connectivity index (χ3v) is 29.5. The third-order valence-electron chi connectivity index (χ3n) is 29.5. The summed E-state index contributed by atoms with van der Waals surface area (Å²) in [6.45, 7) is 36.8. The van der Waals surface area contributed by atoms with Crippen molar-refractivity contribution in [3.8, 4) is 0 Å². The fraction of sp³-hybridized carbons (Fsp3) is 0.901. The van der Waals surface area contributed by atoms with Crippen LogP contribution in [0.1, 0.15) is 236 Å². The van der Waals surface area contributed by atoms with Gasteiger partial charge < -0.3 is 24.1 Å². The normalized spacial score (nSPS) is 49.1. The maximum Gasteiger partial charge on any atom is 0.157 e. The number of ketones is 2. The molecule has 0 radical (unpaired) electrons. The van der Waals surface area contributed by atoms with E-state index in [0.29, 0.717) is 64.8 Å². The lowest BCUT2D eigenvalue weighted by Crippen LogP contribution is -2.66. The predicted octanol–water partition coefficient (Wildman–Crippen LogP) is 17.1. The smallest absolute Gasteiger partial charge is 0.157 e. The number of allylic oxidation sites excluding steroid dienone is 1. The number of carbonyl (C=O) groups is 3. The quantitative estimate of drug-likeness (QED) is 0.0997. The van der Waals surface area contributed by atoms with E-state index in [2.05, 4.69) is 82.4 Å². The first-order valence-electron chi connectivity index (χ1n) is 33.3. The zero-order valence-corrected chi connectivity index (χ0v) is 54.1. The van der Waals surface area contributed by atoms with Crippen molar-refractivity contribution in [3.63, 3.8) is 0 Å². The Morgan fingerprint density at radius 3 is 1.35 bits per heavy atom. The van der Waals surface area contributed by atoms with Crippen LogP contribution in [0.2, 0.25) is 0 Å². The van der Waals surface area contributed by atoms with Crippen LogP contribution in [0.3, 0.4) is 0 Å². The number of ether oxygens (including phenoxy) is 4. The summed E-state index contributed by atoms with van der Waals surface area (Å²) < 4.78 is 25.2. The van der Waals surface area contributed by atoms with Crippen LogP contribution in [0, 0.1) is 113 Å².